The molecule has 0 aliphatic rings. The summed E-state index contributed by atoms with van der Waals surface area (Å²) in [5, 5.41) is 1.78. The summed E-state index contributed by atoms with van der Waals surface area (Å²) in [6, 6.07) is 12.6. The van der Waals surface area contributed by atoms with Crippen LogP contribution in [0, 0.1) is 6.92 Å². The maximum atomic E-state index is 12.6. The SMILES string of the molecule is COc1ccc([S+]([O-])Nc2ccc3[nH]c(=O)c4[nH]cc(C)c4c3c2)cc1. The number of rotatable bonds is 4. The molecule has 0 spiro atoms. The lowest BCUT2D eigenvalue weighted by Crippen LogP contribution is -2.13. The molecular formula is C19H17N3O3S. The van der Waals surface area contributed by atoms with Crippen molar-refractivity contribution >= 4 is 38.9 Å². The maximum Gasteiger partial charge on any atom is 0.272 e. The van der Waals surface area contributed by atoms with Crippen LogP contribution < -0.4 is 15.0 Å². The smallest absolute Gasteiger partial charge is 0.272 e. The lowest BCUT2D eigenvalue weighted by molar-refractivity contribution is 0.414. The van der Waals surface area contributed by atoms with E-state index >= 15 is 0 Å². The summed E-state index contributed by atoms with van der Waals surface area (Å²) in [7, 11) is 1.59. The molecule has 0 aliphatic heterocycles. The van der Waals surface area contributed by atoms with Gasteiger partial charge in [-0.25, -0.2) is 4.72 Å². The number of benzene rings is 2. The molecule has 4 rings (SSSR count). The van der Waals surface area contributed by atoms with E-state index in [-0.39, 0.29) is 5.56 Å². The molecule has 2 heterocycles. The number of hydrogen-bond donors (Lipinski definition) is 3. The van der Waals surface area contributed by atoms with Gasteiger partial charge in [-0.3, -0.25) is 4.79 Å². The second-order valence-corrected chi connectivity index (χ2v) is 7.20. The third kappa shape index (κ3) is 2.81. The highest BCUT2D eigenvalue weighted by atomic mass is 32.2. The highest BCUT2D eigenvalue weighted by Crippen LogP contribution is 2.27. The molecule has 132 valence electrons. The third-order valence-electron chi connectivity index (χ3n) is 4.33. The maximum absolute atomic E-state index is 12.6. The molecule has 3 N–H and O–H groups in total. The summed E-state index contributed by atoms with van der Waals surface area (Å²) in [4.78, 5) is 18.7. The van der Waals surface area contributed by atoms with Gasteiger partial charge in [0.05, 0.1) is 12.8 Å². The number of ether oxygens (including phenoxy) is 1. The number of aromatic nitrogens is 2. The molecule has 0 fully saturated rings. The van der Waals surface area contributed by atoms with Gasteiger partial charge in [-0.2, -0.15) is 0 Å². The van der Waals surface area contributed by atoms with Crippen molar-refractivity contribution in [2.24, 2.45) is 0 Å². The largest absolute Gasteiger partial charge is 0.588 e. The minimum absolute atomic E-state index is 0.150. The number of nitrogens with one attached hydrogen (secondary N) is 3. The monoisotopic (exact) mass is 367 g/mol. The van der Waals surface area contributed by atoms with Crippen LogP contribution in [0.3, 0.4) is 0 Å². The zero-order chi connectivity index (χ0) is 18.3. The van der Waals surface area contributed by atoms with Gasteiger partial charge in [0.1, 0.15) is 22.6 Å². The first-order valence-corrected chi connectivity index (χ1v) is 9.18. The quantitative estimate of drug-likeness (QED) is 0.482. The van der Waals surface area contributed by atoms with Crippen LogP contribution in [-0.4, -0.2) is 21.6 Å². The Labute approximate surface area is 152 Å². The second-order valence-electron chi connectivity index (χ2n) is 5.98. The van der Waals surface area contributed by atoms with E-state index in [0.717, 1.165) is 21.9 Å². The van der Waals surface area contributed by atoms with Gasteiger partial charge in [0.2, 0.25) is 0 Å². The van der Waals surface area contributed by atoms with E-state index < -0.39 is 11.4 Å². The van der Waals surface area contributed by atoms with Crippen LogP contribution in [0.15, 0.2) is 58.4 Å². The molecule has 0 bridgehead atoms. The zero-order valence-electron chi connectivity index (χ0n) is 14.3. The Morgan fingerprint density at radius 3 is 2.65 bits per heavy atom. The number of fused-ring (bicyclic) bond motifs is 3. The van der Waals surface area contributed by atoms with Crippen LogP contribution in [0.25, 0.3) is 21.8 Å². The average Bonchev–Trinajstić information content (AvgIpc) is 3.05. The Balaban J connectivity index is 1.72. The molecule has 1 unspecified atom stereocenters. The van der Waals surface area contributed by atoms with E-state index in [4.69, 9.17) is 4.74 Å². The molecule has 7 heteroatoms. The zero-order valence-corrected chi connectivity index (χ0v) is 15.1. The van der Waals surface area contributed by atoms with Crippen LogP contribution in [-0.2, 0) is 11.4 Å². The first kappa shape index (κ1) is 16.6. The first-order chi connectivity index (χ1) is 12.6. The number of methoxy groups -OCH3 is 1. The summed E-state index contributed by atoms with van der Waals surface area (Å²) >= 11 is -1.41. The molecular weight excluding hydrogens is 350 g/mol. The number of aryl methyl sites for hydroxylation is 1. The lowest BCUT2D eigenvalue weighted by atomic mass is 10.1. The molecule has 2 aromatic carbocycles. The fourth-order valence-electron chi connectivity index (χ4n) is 3.02. The van der Waals surface area contributed by atoms with E-state index in [9.17, 15) is 9.35 Å². The standard InChI is InChI=1S/C19H17N3O3S/c1-11-10-20-18-17(11)15-9-12(3-8-16(15)21-19(18)23)22-26(24)14-6-4-13(25-2)5-7-14/h3-10,20,22H,1-2H3,(H,21,23). The van der Waals surface area contributed by atoms with Crippen molar-refractivity contribution in [1.29, 1.82) is 0 Å². The molecule has 0 aliphatic carbocycles. The van der Waals surface area contributed by atoms with Gasteiger partial charge in [0.25, 0.3) is 5.56 Å². The molecule has 26 heavy (non-hydrogen) atoms. The van der Waals surface area contributed by atoms with Gasteiger partial charge in [0.15, 0.2) is 4.90 Å². The predicted molar refractivity (Wildman–Crippen MR) is 104 cm³/mol. The second kappa shape index (κ2) is 6.44. The highest BCUT2D eigenvalue weighted by Gasteiger charge is 2.14. The van der Waals surface area contributed by atoms with Crippen LogP contribution in [0.1, 0.15) is 5.56 Å². The lowest BCUT2D eigenvalue weighted by Gasteiger charge is -2.12. The molecule has 6 nitrogen and oxygen atoms in total. The van der Waals surface area contributed by atoms with Crippen molar-refractivity contribution < 1.29 is 9.29 Å². The minimum Gasteiger partial charge on any atom is -0.588 e. The molecule has 0 saturated heterocycles. The number of hydrogen-bond acceptors (Lipinski definition) is 4. The fraction of sp³-hybridized carbons (Fsp3) is 0.105. The molecule has 0 saturated carbocycles. The molecule has 4 aromatic rings. The van der Waals surface area contributed by atoms with E-state index in [0.29, 0.717) is 21.8 Å². The first-order valence-electron chi connectivity index (χ1n) is 8.03. The van der Waals surface area contributed by atoms with Crippen LogP contribution in [0.5, 0.6) is 5.75 Å². The van der Waals surface area contributed by atoms with Gasteiger partial charge >= 0.3 is 0 Å². The number of H-pyrrole nitrogens is 2. The van der Waals surface area contributed by atoms with Crippen molar-refractivity contribution in [3.8, 4) is 5.75 Å². The normalized spacial score (nSPS) is 12.4. The van der Waals surface area contributed by atoms with Gasteiger partial charge in [-0.1, -0.05) is 0 Å². The number of pyridine rings is 1. The van der Waals surface area contributed by atoms with Crippen LogP contribution in [0.2, 0.25) is 0 Å². The Kier molecular flexibility index (Phi) is 4.10. The Bertz CT molecular complexity index is 1150. The summed E-state index contributed by atoms with van der Waals surface area (Å²) in [5.74, 6) is 0.714. The highest BCUT2D eigenvalue weighted by molar-refractivity contribution is 7.92. The Morgan fingerprint density at radius 2 is 1.92 bits per heavy atom. The predicted octanol–water partition coefficient (Wildman–Crippen LogP) is 3.46. The molecule has 0 amide bonds. The van der Waals surface area contributed by atoms with E-state index in [2.05, 4.69) is 14.7 Å². The average molecular weight is 367 g/mol. The molecule has 0 radical (unpaired) electrons. The third-order valence-corrected chi connectivity index (χ3v) is 5.45. The van der Waals surface area contributed by atoms with Gasteiger partial charge in [-0.05, 0) is 55.0 Å². The van der Waals surface area contributed by atoms with E-state index in [1.807, 2.05) is 25.3 Å². The number of aromatic amines is 2. The van der Waals surface area contributed by atoms with Crippen molar-refractivity contribution in [1.82, 2.24) is 9.97 Å². The Hall–Kier alpha value is -2.90. The molecule has 2 aromatic heterocycles. The Morgan fingerprint density at radius 1 is 1.15 bits per heavy atom. The fourth-order valence-corrected chi connectivity index (χ4v) is 3.86. The van der Waals surface area contributed by atoms with Gasteiger partial charge in [0, 0.05) is 22.5 Å². The van der Waals surface area contributed by atoms with Crippen molar-refractivity contribution in [3.63, 3.8) is 0 Å². The summed E-state index contributed by atoms with van der Waals surface area (Å²) in [5.41, 5.74) is 2.84. The van der Waals surface area contributed by atoms with E-state index in [1.165, 1.54) is 0 Å². The van der Waals surface area contributed by atoms with Crippen molar-refractivity contribution in [3.05, 3.63) is 64.6 Å². The minimum atomic E-state index is -1.41. The summed E-state index contributed by atoms with van der Waals surface area (Å²) in [6.45, 7) is 1.95. The molecule has 1 atom stereocenters. The summed E-state index contributed by atoms with van der Waals surface area (Å²) < 4.78 is 20.7. The summed E-state index contributed by atoms with van der Waals surface area (Å²) in [6.07, 6.45) is 1.81. The topological polar surface area (TPSA) is 93.0 Å². The van der Waals surface area contributed by atoms with Crippen molar-refractivity contribution in [2.45, 2.75) is 11.8 Å². The van der Waals surface area contributed by atoms with Crippen molar-refractivity contribution in [2.75, 3.05) is 11.8 Å². The van der Waals surface area contributed by atoms with Gasteiger partial charge < -0.3 is 19.3 Å². The van der Waals surface area contributed by atoms with Crippen LogP contribution in [0.4, 0.5) is 5.69 Å². The van der Waals surface area contributed by atoms with Gasteiger partial charge in [-0.15, -0.1) is 0 Å². The van der Waals surface area contributed by atoms with E-state index in [1.54, 1.807) is 37.4 Å². The van der Waals surface area contributed by atoms with Crippen LogP contribution >= 0.6 is 0 Å². The number of anilines is 1.